The van der Waals surface area contributed by atoms with Crippen LogP contribution in [-0.2, 0) is 0 Å². The Balaban J connectivity index is 2.09. The van der Waals surface area contributed by atoms with Crippen molar-refractivity contribution in [2.45, 2.75) is 84.2 Å². The molecule has 21 heavy (non-hydrogen) atoms. The second kappa shape index (κ2) is 11.4. The highest BCUT2D eigenvalue weighted by Crippen LogP contribution is 2.23. The minimum Gasteiger partial charge on any atom is -0.395 e. The van der Waals surface area contributed by atoms with Crippen molar-refractivity contribution in [1.29, 1.82) is 0 Å². The molecule has 3 nitrogen and oxygen atoms in total. The standard InChI is InChI=1S/C18H38N2O/c1-4-7-8-9-10-11-18(6-3)20-13-16(14-20)12-19-17(5-2)15-21/h16-19,21H,4-15H2,1-3H3. The normalized spacial score (nSPS) is 19.4. The highest BCUT2D eigenvalue weighted by molar-refractivity contribution is 4.86. The van der Waals surface area contributed by atoms with Crippen LogP contribution >= 0.6 is 0 Å². The van der Waals surface area contributed by atoms with Gasteiger partial charge in [-0.2, -0.15) is 0 Å². The van der Waals surface area contributed by atoms with Gasteiger partial charge in [-0.25, -0.2) is 0 Å². The van der Waals surface area contributed by atoms with Crippen molar-refractivity contribution in [3.8, 4) is 0 Å². The van der Waals surface area contributed by atoms with Gasteiger partial charge in [-0.15, -0.1) is 0 Å². The van der Waals surface area contributed by atoms with Gasteiger partial charge in [0.15, 0.2) is 0 Å². The fraction of sp³-hybridized carbons (Fsp3) is 1.00. The largest absolute Gasteiger partial charge is 0.395 e. The van der Waals surface area contributed by atoms with Gasteiger partial charge >= 0.3 is 0 Å². The summed E-state index contributed by atoms with van der Waals surface area (Å²) in [7, 11) is 0. The molecule has 0 radical (unpaired) electrons. The number of nitrogens with one attached hydrogen (secondary N) is 1. The zero-order chi connectivity index (χ0) is 15.5. The first-order valence-corrected chi connectivity index (χ1v) is 9.33. The Morgan fingerprint density at radius 1 is 1.05 bits per heavy atom. The van der Waals surface area contributed by atoms with E-state index in [-0.39, 0.29) is 6.61 Å². The van der Waals surface area contributed by atoms with E-state index >= 15 is 0 Å². The van der Waals surface area contributed by atoms with Crippen molar-refractivity contribution >= 4 is 0 Å². The summed E-state index contributed by atoms with van der Waals surface area (Å²) in [5.74, 6) is 0.791. The average Bonchev–Trinajstić information content (AvgIpc) is 2.47. The first kappa shape index (κ1) is 18.9. The molecule has 2 atom stereocenters. The van der Waals surface area contributed by atoms with E-state index in [1.807, 2.05) is 0 Å². The summed E-state index contributed by atoms with van der Waals surface area (Å²) in [5.41, 5.74) is 0. The maximum Gasteiger partial charge on any atom is 0.0584 e. The van der Waals surface area contributed by atoms with E-state index in [4.69, 9.17) is 0 Å². The van der Waals surface area contributed by atoms with Crippen molar-refractivity contribution in [3.05, 3.63) is 0 Å². The van der Waals surface area contributed by atoms with Gasteiger partial charge in [-0.3, -0.25) is 4.90 Å². The van der Waals surface area contributed by atoms with E-state index in [2.05, 4.69) is 31.0 Å². The van der Waals surface area contributed by atoms with Crippen LogP contribution in [-0.4, -0.2) is 48.3 Å². The predicted octanol–water partition coefficient (Wildman–Crippen LogP) is 3.42. The van der Waals surface area contributed by atoms with Crippen LogP contribution in [0.2, 0.25) is 0 Å². The third-order valence-electron chi connectivity index (χ3n) is 5.02. The molecule has 0 bridgehead atoms. The molecule has 0 saturated carbocycles. The van der Waals surface area contributed by atoms with Crippen molar-refractivity contribution in [2.24, 2.45) is 5.92 Å². The van der Waals surface area contributed by atoms with Crippen LogP contribution in [0.15, 0.2) is 0 Å². The Kier molecular flexibility index (Phi) is 10.3. The van der Waals surface area contributed by atoms with Crippen molar-refractivity contribution in [3.63, 3.8) is 0 Å². The van der Waals surface area contributed by atoms with Crippen LogP contribution in [0, 0.1) is 5.92 Å². The van der Waals surface area contributed by atoms with Gasteiger partial charge < -0.3 is 10.4 Å². The van der Waals surface area contributed by atoms with E-state index in [1.54, 1.807) is 0 Å². The minimum absolute atomic E-state index is 0.266. The molecule has 0 amide bonds. The third kappa shape index (κ3) is 7.12. The summed E-state index contributed by atoms with van der Waals surface area (Å²) in [4.78, 5) is 2.67. The van der Waals surface area contributed by atoms with Gasteiger partial charge in [0.05, 0.1) is 6.61 Å². The summed E-state index contributed by atoms with van der Waals surface area (Å²) in [6.07, 6.45) is 10.7. The Morgan fingerprint density at radius 3 is 2.33 bits per heavy atom. The molecule has 2 N–H and O–H groups in total. The first-order valence-electron chi connectivity index (χ1n) is 9.33. The second-order valence-corrected chi connectivity index (χ2v) is 6.78. The lowest BCUT2D eigenvalue weighted by Gasteiger charge is -2.45. The molecule has 1 aliphatic rings. The lowest BCUT2D eigenvalue weighted by atomic mass is 9.93. The summed E-state index contributed by atoms with van der Waals surface area (Å²) in [6.45, 7) is 10.6. The lowest BCUT2D eigenvalue weighted by molar-refractivity contribution is 0.0427. The predicted molar refractivity (Wildman–Crippen MR) is 91.7 cm³/mol. The van der Waals surface area contributed by atoms with Crippen LogP contribution in [0.3, 0.4) is 0 Å². The molecule has 1 heterocycles. The van der Waals surface area contributed by atoms with Gasteiger partial charge in [-0.05, 0) is 25.2 Å². The SMILES string of the molecule is CCCCCCCC(CC)N1CC(CNC(CC)CO)C1. The lowest BCUT2D eigenvalue weighted by Crippen LogP contribution is -2.55. The van der Waals surface area contributed by atoms with Crippen molar-refractivity contribution in [1.82, 2.24) is 10.2 Å². The highest BCUT2D eigenvalue weighted by atomic mass is 16.3. The maximum absolute atomic E-state index is 9.19. The van der Waals surface area contributed by atoms with Crippen LogP contribution in [0.4, 0.5) is 0 Å². The molecule has 1 saturated heterocycles. The van der Waals surface area contributed by atoms with Gasteiger partial charge in [-0.1, -0.05) is 52.9 Å². The zero-order valence-corrected chi connectivity index (χ0v) is 14.6. The van der Waals surface area contributed by atoms with Gasteiger partial charge in [0.2, 0.25) is 0 Å². The quantitative estimate of drug-likeness (QED) is 0.511. The molecule has 0 aliphatic carbocycles. The topological polar surface area (TPSA) is 35.5 Å². The summed E-state index contributed by atoms with van der Waals surface area (Å²) >= 11 is 0. The zero-order valence-electron chi connectivity index (χ0n) is 14.6. The summed E-state index contributed by atoms with van der Waals surface area (Å²) in [5, 5.41) is 12.7. The molecule has 0 aromatic heterocycles. The molecule has 1 fully saturated rings. The summed E-state index contributed by atoms with van der Waals surface area (Å²) < 4.78 is 0. The molecule has 0 aromatic rings. The van der Waals surface area contributed by atoms with E-state index in [1.165, 1.54) is 58.0 Å². The molecule has 1 aliphatic heterocycles. The van der Waals surface area contributed by atoms with E-state index in [0.29, 0.717) is 6.04 Å². The molecule has 1 rings (SSSR count). The van der Waals surface area contributed by atoms with E-state index in [9.17, 15) is 5.11 Å². The number of nitrogens with zero attached hydrogens (tertiary/aromatic N) is 1. The number of hydrogen-bond donors (Lipinski definition) is 2. The Labute approximate surface area is 132 Å². The number of unbranched alkanes of at least 4 members (excludes halogenated alkanes) is 4. The number of aliphatic hydroxyl groups excluding tert-OH is 1. The number of hydrogen-bond acceptors (Lipinski definition) is 3. The smallest absolute Gasteiger partial charge is 0.0584 e. The number of rotatable bonds is 13. The van der Waals surface area contributed by atoms with Crippen LogP contribution in [0.5, 0.6) is 0 Å². The van der Waals surface area contributed by atoms with E-state index in [0.717, 1.165) is 24.9 Å². The second-order valence-electron chi connectivity index (χ2n) is 6.78. The Hall–Kier alpha value is -0.120. The molecule has 2 unspecified atom stereocenters. The number of aliphatic hydroxyl groups is 1. The van der Waals surface area contributed by atoms with Crippen molar-refractivity contribution in [2.75, 3.05) is 26.2 Å². The van der Waals surface area contributed by atoms with Crippen molar-refractivity contribution < 1.29 is 5.11 Å². The van der Waals surface area contributed by atoms with Gasteiger partial charge in [0.25, 0.3) is 0 Å². The molecule has 126 valence electrons. The molecule has 0 aromatic carbocycles. The van der Waals surface area contributed by atoms with Crippen LogP contribution in [0.1, 0.15) is 72.1 Å². The fourth-order valence-electron chi connectivity index (χ4n) is 3.34. The average molecular weight is 299 g/mol. The van der Waals surface area contributed by atoms with Crippen LogP contribution < -0.4 is 5.32 Å². The van der Waals surface area contributed by atoms with E-state index < -0.39 is 0 Å². The third-order valence-corrected chi connectivity index (χ3v) is 5.02. The molecular formula is C18H38N2O. The monoisotopic (exact) mass is 298 g/mol. The maximum atomic E-state index is 9.19. The summed E-state index contributed by atoms with van der Waals surface area (Å²) in [6, 6.07) is 1.10. The Morgan fingerprint density at radius 2 is 1.76 bits per heavy atom. The van der Waals surface area contributed by atoms with Gasteiger partial charge in [0.1, 0.15) is 0 Å². The molecular weight excluding hydrogens is 260 g/mol. The minimum atomic E-state index is 0.266. The molecule has 0 spiro atoms. The van der Waals surface area contributed by atoms with Crippen LogP contribution in [0.25, 0.3) is 0 Å². The fourth-order valence-corrected chi connectivity index (χ4v) is 3.34. The Bertz CT molecular complexity index is 237. The molecule has 3 heteroatoms. The number of likely N-dealkylation sites (tertiary alicyclic amines) is 1. The highest BCUT2D eigenvalue weighted by Gasteiger charge is 2.31. The first-order chi connectivity index (χ1) is 10.2. The van der Waals surface area contributed by atoms with Gasteiger partial charge in [0, 0.05) is 31.7 Å².